The van der Waals surface area contributed by atoms with Crippen molar-refractivity contribution in [3.63, 3.8) is 0 Å². The molecule has 0 atom stereocenters. The number of hydrogen-bond donors (Lipinski definition) is 2. The molecule has 2 aromatic carbocycles. The number of aryl methyl sites for hydroxylation is 1. The predicted octanol–water partition coefficient (Wildman–Crippen LogP) is 4.13. The third kappa shape index (κ3) is 2.93. The van der Waals surface area contributed by atoms with E-state index in [1.54, 1.807) is 4.90 Å². The number of benzene rings is 2. The average molecular weight is 362 g/mol. The van der Waals surface area contributed by atoms with Crippen LogP contribution in [0.5, 0.6) is 5.75 Å². The zero-order chi connectivity index (χ0) is 19.0. The summed E-state index contributed by atoms with van der Waals surface area (Å²) < 4.78 is 7.61. The van der Waals surface area contributed by atoms with Crippen LogP contribution >= 0.6 is 0 Å². The number of nitrogens with zero attached hydrogens (tertiary/aromatic N) is 3. The Morgan fingerprint density at radius 1 is 1.19 bits per heavy atom. The molecule has 27 heavy (non-hydrogen) atoms. The number of para-hydroxylation sites is 2. The normalized spacial score (nSPS) is 14.4. The molecule has 1 aromatic heterocycles. The Labute approximate surface area is 157 Å². The molecule has 0 bridgehead atoms. The van der Waals surface area contributed by atoms with E-state index < -0.39 is 0 Å². The van der Waals surface area contributed by atoms with Crippen molar-refractivity contribution in [3.8, 4) is 5.75 Å². The first-order valence-corrected chi connectivity index (χ1v) is 9.03. The second-order valence-corrected chi connectivity index (χ2v) is 6.59. The number of hydrogen-bond acceptors (Lipinski definition) is 4. The predicted molar refractivity (Wildman–Crippen MR) is 108 cm³/mol. The standard InChI is InChI=1S/C21H22N4O2/c1-3-11-27-15-8-6-7-14(12-15)25-13-18(26)19(20(25)22)21-23-16-9-4-5-10-17(16)24(21)2/h4-10,12,22,26H,3,11,13H2,1-2H3. The van der Waals surface area contributed by atoms with Gasteiger partial charge in [0.25, 0.3) is 0 Å². The highest BCUT2D eigenvalue weighted by molar-refractivity contribution is 6.30. The van der Waals surface area contributed by atoms with Gasteiger partial charge in [-0.3, -0.25) is 5.41 Å². The molecule has 6 nitrogen and oxygen atoms in total. The maximum absolute atomic E-state index is 10.6. The van der Waals surface area contributed by atoms with Crippen molar-refractivity contribution in [2.45, 2.75) is 13.3 Å². The molecule has 4 rings (SSSR count). The molecule has 3 aromatic rings. The monoisotopic (exact) mass is 362 g/mol. The van der Waals surface area contributed by atoms with Gasteiger partial charge in [-0.2, -0.15) is 0 Å². The quantitative estimate of drug-likeness (QED) is 0.716. The molecule has 6 heteroatoms. The molecule has 0 saturated carbocycles. The molecule has 1 aliphatic rings. The number of rotatable bonds is 5. The lowest BCUT2D eigenvalue weighted by atomic mass is 10.2. The smallest absolute Gasteiger partial charge is 0.148 e. The molecule has 0 radical (unpaired) electrons. The minimum Gasteiger partial charge on any atom is -0.509 e. The van der Waals surface area contributed by atoms with Crippen molar-refractivity contribution >= 4 is 28.1 Å². The lowest BCUT2D eigenvalue weighted by Gasteiger charge is -2.19. The van der Waals surface area contributed by atoms with Gasteiger partial charge in [0, 0.05) is 18.8 Å². The molecule has 0 aliphatic carbocycles. The van der Waals surface area contributed by atoms with Gasteiger partial charge in [0.1, 0.15) is 23.2 Å². The number of amidine groups is 1. The molecule has 0 amide bonds. The Bertz CT molecular complexity index is 1050. The molecule has 2 N–H and O–H groups in total. The fourth-order valence-electron chi connectivity index (χ4n) is 3.37. The molecule has 138 valence electrons. The zero-order valence-electron chi connectivity index (χ0n) is 15.4. The van der Waals surface area contributed by atoms with Crippen LogP contribution in [0.25, 0.3) is 16.6 Å². The van der Waals surface area contributed by atoms with Crippen LogP contribution in [0.1, 0.15) is 19.2 Å². The van der Waals surface area contributed by atoms with Crippen molar-refractivity contribution < 1.29 is 9.84 Å². The minimum absolute atomic E-state index is 0.151. The highest BCUT2D eigenvalue weighted by Gasteiger charge is 2.32. The molecule has 0 saturated heterocycles. The Morgan fingerprint density at radius 2 is 2.00 bits per heavy atom. The summed E-state index contributed by atoms with van der Waals surface area (Å²) in [4.78, 5) is 6.40. The maximum Gasteiger partial charge on any atom is 0.148 e. The Morgan fingerprint density at radius 3 is 2.78 bits per heavy atom. The molecule has 0 fully saturated rings. The molecule has 2 heterocycles. The van der Waals surface area contributed by atoms with Crippen molar-refractivity contribution in [3.05, 3.63) is 60.1 Å². The van der Waals surface area contributed by atoms with Gasteiger partial charge in [0.15, 0.2) is 0 Å². The first-order chi connectivity index (χ1) is 13.1. The Kier molecular flexibility index (Phi) is 4.32. The molecular weight excluding hydrogens is 340 g/mol. The van der Waals surface area contributed by atoms with Gasteiger partial charge in [-0.15, -0.1) is 0 Å². The fraction of sp³-hybridized carbons (Fsp3) is 0.238. The van der Waals surface area contributed by atoms with Crippen LogP contribution in [0, 0.1) is 5.41 Å². The van der Waals surface area contributed by atoms with Crippen LogP contribution in [-0.4, -0.2) is 33.6 Å². The second kappa shape index (κ2) is 6.79. The highest BCUT2D eigenvalue weighted by atomic mass is 16.5. The van der Waals surface area contributed by atoms with E-state index in [0.29, 0.717) is 18.0 Å². The number of anilines is 1. The van der Waals surface area contributed by atoms with E-state index in [4.69, 9.17) is 10.1 Å². The van der Waals surface area contributed by atoms with Crippen LogP contribution in [0.3, 0.4) is 0 Å². The van der Waals surface area contributed by atoms with E-state index in [-0.39, 0.29) is 18.1 Å². The first kappa shape index (κ1) is 17.1. The summed E-state index contributed by atoms with van der Waals surface area (Å²) in [5, 5.41) is 19.3. The van der Waals surface area contributed by atoms with Gasteiger partial charge >= 0.3 is 0 Å². The topological polar surface area (TPSA) is 74.4 Å². The van der Waals surface area contributed by atoms with Gasteiger partial charge in [-0.25, -0.2) is 4.98 Å². The second-order valence-electron chi connectivity index (χ2n) is 6.59. The largest absolute Gasteiger partial charge is 0.509 e. The molecule has 1 aliphatic heterocycles. The minimum atomic E-state index is 0.151. The third-order valence-electron chi connectivity index (χ3n) is 4.72. The lowest BCUT2D eigenvalue weighted by molar-refractivity contribution is 0.317. The number of ether oxygens (including phenoxy) is 1. The highest BCUT2D eigenvalue weighted by Crippen LogP contribution is 2.33. The summed E-state index contributed by atoms with van der Waals surface area (Å²) in [5.41, 5.74) is 3.09. The summed E-state index contributed by atoms with van der Waals surface area (Å²) >= 11 is 0. The summed E-state index contributed by atoms with van der Waals surface area (Å²) in [6, 6.07) is 15.4. The van der Waals surface area contributed by atoms with Crippen molar-refractivity contribution in [1.82, 2.24) is 9.55 Å². The van der Waals surface area contributed by atoms with Gasteiger partial charge in [0.2, 0.25) is 0 Å². The summed E-state index contributed by atoms with van der Waals surface area (Å²) in [5.74, 6) is 1.74. The number of imidazole rings is 1. The van der Waals surface area contributed by atoms with E-state index in [9.17, 15) is 5.11 Å². The molecule has 0 spiro atoms. The van der Waals surface area contributed by atoms with Crippen LogP contribution in [0.15, 0.2) is 54.3 Å². The zero-order valence-corrected chi connectivity index (χ0v) is 15.4. The number of fused-ring (bicyclic) bond motifs is 1. The van der Waals surface area contributed by atoms with E-state index >= 15 is 0 Å². The Hall–Kier alpha value is -3.28. The van der Waals surface area contributed by atoms with E-state index in [1.165, 1.54) is 0 Å². The van der Waals surface area contributed by atoms with Gasteiger partial charge in [0.05, 0.1) is 29.8 Å². The SMILES string of the molecule is CCCOc1cccc(N2CC(O)=C(c3nc4ccccc4n3C)C2=N)c1. The molecule has 0 unspecified atom stereocenters. The third-order valence-corrected chi connectivity index (χ3v) is 4.72. The number of nitrogens with one attached hydrogen (secondary N) is 1. The van der Waals surface area contributed by atoms with Crippen LogP contribution < -0.4 is 9.64 Å². The first-order valence-electron chi connectivity index (χ1n) is 9.03. The van der Waals surface area contributed by atoms with Gasteiger partial charge < -0.3 is 19.3 Å². The average Bonchev–Trinajstić information content (AvgIpc) is 3.16. The summed E-state index contributed by atoms with van der Waals surface area (Å²) in [7, 11) is 1.90. The van der Waals surface area contributed by atoms with Crippen LogP contribution in [0.4, 0.5) is 5.69 Å². The van der Waals surface area contributed by atoms with Crippen molar-refractivity contribution in [1.29, 1.82) is 5.41 Å². The molecular formula is C21H22N4O2. The Balaban J connectivity index is 1.68. The fourth-order valence-corrected chi connectivity index (χ4v) is 3.37. The van der Waals surface area contributed by atoms with Gasteiger partial charge in [-0.1, -0.05) is 25.1 Å². The maximum atomic E-state index is 10.6. The van der Waals surface area contributed by atoms with Crippen molar-refractivity contribution in [2.24, 2.45) is 7.05 Å². The van der Waals surface area contributed by atoms with Crippen LogP contribution in [0.2, 0.25) is 0 Å². The van der Waals surface area contributed by atoms with E-state index in [1.807, 2.05) is 60.1 Å². The van der Waals surface area contributed by atoms with Crippen LogP contribution in [-0.2, 0) is 7.05 Å². The number of aliphatic hydroxyl groups is 1. The summed E-state index contributed by atoms with van der Waals surface area (Å²) in [6.07, 6.45) is 0.934. The number of aromatic nitrogens is 2. The lowest BCUT2D eigenvalue weighted by Crippen LogP contribution is -2.26. The summed E-state index contributed by atoms with van der Waals surface area (Å²) in [6.45, 7) is 2.95. The van der Waals surface area contributed by atoms with E-state index in [0.717, 1.165) is 28.9 Å². The van der Waals surface area contributed by atoms with Gasteiger partial charge in [-0.05, 0) is 30.7 Å². The number of aliphatic hydroxyl groups excluding tert-OH is 1. The van der Waals surface area contributed by atoms with Crippen molar-refractivity contribution in [2.75, 3.05) is 18.1 Å². The van der Waals surface area contributed by atoms with E-state index in [2.05, 4.69) is 11.9 Å².